The number of hydrogen-bond acceptors (Lipinski definition) is 4. The highest BCUT2D eigenvalue weighted by atomic mass is 35.5. The Labute approximate surface area is 183 Å². The molecule has 31 heavy (non-hydrogen) atoms. The third kappa shape index (κ3) is 3.49. The topological polar surface area (TPSA) is 95.4 Å². The van der Waals surface area contributed by atoms with Crippen LogP contribution >= 0.6 is 11.6 Å². The lowest BCUT2D eigenvalue weighted by Gasteiger charge is -2.11. The zero-order valence-corrected chi connectivity index (χ0v) is 17.2. The molecule has 6 nitrogen and oxygen atoms in total. The zero-order valence-electron chi connectivity index (χ0n) is 16.5. The molecular weight excluding hydrogens is 416 g/mol. The third-order valence-corrected chi connectivity index (χ3v) is 5.96. The Morgan fingerprint density at radius 2 is 1.84 bits per heavy atom. The summed E-state index contributed by atoms with van der Waals surface area (Å²) in [6.07, 6.45) is 1.20. The molecule has 0 bridgehead atoms. The summed E-state index contributed by atoms with van der Waals surface area (Å²) in [6, 6.07) is 15.4. The molecule has 0 radical (unpaired) electrons. The van der Waals surface area contributed by atoms with Gasteiger partial charge in [0.25, 0.3) is 0 Å². The van der Waals surface area contributed by atoms with Crippen molar-refractivity contribution in [2.45, 2.75) is 19.3 Å². The third-order valence-electron chi connectivity index (χ3n) is 5.65. The molecule has 0 fully saturated rings. The van der Waals surface area contributed by atoms with E-state index in [9.17, 15) is 9.90 Å². The largest absolute Gasteiger partial charge is 0.504 e. The molecule has 2 heterocycles. The van der Waals surface area contributed by atoms with Crippen LogP contribution in [0, 0.1) is 0 Å². The summed E-state index contributed by atoms with van der Waals surface area (Å²) in [6.45, 7) is 0.592. The van der Waals surface area contributed by atoms with Gasteiger partial charge in [0.05, 0.1) is 23.6 Å². The van der Waals surface area contributed by atoms with Gasteiger partial charge in [-0.15, -0.1) is 0 Å². The lowest BCUT2D eigenvalue weighted by atomic mass is 9.97. The van der Waals surface area contributed by atoms with E-state index >= 15 is 0 Å². The van der Waals surface area contributed by atoms with Gasteiger partial charge in [-0.25, -0.2) is 0 Å². The first kappa shape index (κ1) is 19.5. The van der Waals surface area contributed by atoms with E-state index in [-0.39, 0.29) is 12.2 Å². The van der Waals surface area contributed by atoms with Crippen LogP contribution in [0.15, 0.2) is 48.5 Å². The van der Waals surface area contributed by atoms with Crippen molar-refractivity contribution in [2.75, 3.05) is 6.61 Å². The fraction of sp³-hybridized carbons (Fsp3) is 0.167. The summed E-state index contributed by atoms with van der Waals surface area (Å²) in [7, 11) is 0. The van der Waals surface area contributed by atoms with Crippen molar-refractivity contribution in [1.82, 2.24) is 10.2 Å². The summed E-state index contributed by atoms with van der Waals surface area (Å²) in [5.41, 5.74) is 5.85. The van der Waals surface area contributed by atoms with E-state index in [0.717, 1.165) is 45.3 Å². The molecule has 156 valence electrons. The Balaban J connectivity index is 1.50. The van der Waals surface area contributed by atoms with Crippen molar-refractivity contribution in [2.24, 2.45) is 0 Å². The maximum Gasteiger partial charge on any atom is 0.303 e. The summed E-state index contributed by atoms with van der Waals surface area (Å²) < 4.78 is 5.57. The molecule has 0 spiro atoms. The molecule has 0 atom stereocenters. The second-order valence-corrected chi connectivity index (χ2v) is 7.98. The van der Waals surface area contributed by atoms with Crippen LogP contribution in [-0.4, -0.2) is 33.0 Å². The van der Waals surface area contributed by atoms with Gasteiger partial charge in [0, 0.05) is 40.6 Å². The van der Waals surface area contributed by atoms with Crippen molar-refractivity contribution in [3.63, 3.8) is 0 Å². The maximum atomic E-state index is 10.9. The molecule has 0 saturated heterocycles. The van der Waals surface area contributed by atoms with Gasteiger partial charge in [-0.2, -0.15) is 5.10 Å². The number of nitrogens with one attached hydrogen (secondary N) is 1. The van der Waals surface area contributed by atoms with E-state index in [0.29, 0.717) is 29.3 Å². The van der Waals surface area contributed by atoms with Crippen LogP contribution in [0.1, 0.15) is 17.7 Å². The van der Waals surface area contributed by atoms with Crippen LogP contribution in [0.3, 0.4) is 0 Å². The van der Waals surface area contributed by atoms with E-state index in [1.54, 1.807) is 6.07 Å². The van der Waals surface area contributed by atoms with Crippen LogP contribution in [0.25, 0.3) is 33.2 Å². The molecule has 1 aliphatic rings. The second kappa shape index (κ2) is 7.63. The Morgan fingerprint density at radius 1 is 1.10 bits per heavy atom. The van der Waals surface area contributed by atoms with Crippen LogP contribution in [0.5, 0.6) is 11.5 Å². The number of aromatic nitrogens is 2. The highest BCUT2D eigenvalue weighted by molar-refractivity contribution is 6.34. The van der Waals surface area contributed by atoms with Gasteiger partial charge in [0.2, 0.25) is 0 Å². The minimum absolute atomic E-state index is 0.0257. The number of ether oxygens (including phenoxy) is 1. The Bertz CT molecular complexity index is 1310. The molecule has 5 rings (SSSR count). The Hall–Kier alpha value is -3.51. The van der Waals surface area contributed by atoms with Crippen molar-refractivity contribution in [3.05, 3.63) is 64.8 Å². The number of nitrogens with zero attached hydrogens (tertiary/aromatic N) is 1. The normalized spacial score (nSPS) is 12.7. The lowest BCUT2D eigenvalue weighted by molar-refractivity contribution is -0.136. The first-order valence-electron chi connectivity index (χ1n) is 9.98. The van der Waals surface area contributed by atoms with Gasteiger partial charge in [-0.05, 0) is 23.3 Å². The first-order valence-corrected chi connectivity index (χ1v) is 10.4. The monoisotopic (exact) mass is 434 g/mol. The van der Waals surface area contributed by atoms with Crippen LogP contribution in [-0.2, 0) is 17.6 Å². The number of aromatic amines is 1. The minimum Gasteiger partial charge on any atom is -0.504 e. The molecule has 3 aromatic carbocycles. The van der Waals surface area contributed by atoms with Crippen LogP contribution < -0.4 is 4.74 Å². The van der Waals surface area contributed by atoms with Crippen LogP contribution in [0.2, 0.25) is 5.02 Å². The number of halogens is 1. The Kier molecular flexibility index (Phi) is 4.79. The van der Waals surface area contributed by atoms with Gasteiger partial charge in [-0.1, -0.05) is 48.0 Å². The number of phenolic OH excluding ortho intramolecular Hbond substituents is 1. The fourth-order valence-corrected chi connectivity index (χ4v) is 4.29. The van der Waals surface area contributed by atoms with Crippen molar-refractivity contribution in [1.29, 1.82) is 0 Å². The van der Waals surface area contributed by atoms with E-state index in [2.05, 4.69) is 10.2 Å². The minimum atomic E-state index is -0.854. The average Bonchev–Trinajstić information content (AvgIpc) is 3.39. The molecule has 7 heteroatoms. The molecule has 4 aromatic rings. The van der Waals surface area contributed by atoms with Crippen LogP contribution in [0.4, 0.5) is 0 Å². The van der Waals surface area contributed by atoms with Crippen molar-refractivity contribution in [3.8, 4) is 33.8 Å². The smallest absolute Gasteiger partial charge is 0.303 e. The number of aliphatic carboxylic acids is 1. The highest BCUT2D eigenvalue weighted by Gasteiger charge is 2.20. The fourth-order valence-electron chi connectivity index (χ4n) is 4.02. The van der Waals surface area contributed by atoms with E-state index in [1.165, 1.54) is 0 Å². The SMILES string of the molecule is O=C(O)CCc1[nH]nc2cc(Cl)c(-c3ccc(-c4ccc5c(c4O)OCC5)cc3)cc12. The molecule has 3 N–H and O–H groups in total. The van der Waals surface area contributed by atoms with E-state index in [1.807, 2.05) is 42.5 Å². The zero-order chi connectivity index (χ0) is 21.5. The number of rotatable bonds is 5. The van der Waals surface area contributed by atoms with Gasteiger partial charge >= 0.3 is 5.97 Å². The summed E-state index contributed by atoms with van der Waals surface area (Å²) in [5.74, 6) is -0.111. The van der Waals surface area contributed by atoms with E-state index in [4.69, 9.17) is 21.4 Å². The molecule has 0 saturated carbocycles. The molecule has 1 aliphatic heterocycles. The number of H-pyrrole nitrogens is 1. The summed E-state index contributed by atoms with van der Waals surface area (Å²) in [5, 5.41) is 28.2. The number of carboxylic acid groups (broad SMARTS) is 1. The molecular formula is C24H19ClN2O4. The number of fused-ring (bicyclic) bond motifs is 2. The first-order chi connectivity index (χ1) is 15.0. The summed E-state index contributed by atoms with van der Waals surface area (Å²) in [4.78, 5) is 10.9. The standard InChI is InChI=1S/C24H19ClN2O4/c25-19-12-21-18(20(26-27-21)7-8-22(28)29)11-17(19)14-3-1-13(2-4-14)16-6-5-15-9-10-31-24(15)23(16)30/h1-6,11-12,30H,7-10H2,(H,26,27)(H,28,29). The quantitative estimate of drug-likeness (QED) is 0.401. The number of phenols is 1. The number of hydrogen-bond donors (Lipinski definition) is 3. The Morgan fingerprint density at radius 3 is 2.58 bits per heavy atom. The second-order valence-electron chi connectivity index (χ2n) is 7.57. The molecule has 1 aromatic heterocycles. The molecule has 0 amide bonds. The predicted molar refractivity (Wildman–Crippen MR) is 119 cm³/mol. The number of aryl methyl sites for hydroxylation is 1. The number of carbonyl (C=O) groups is 1. The summed E-state index contributed by atoms with van der Waals surface area (Å²) >= 11 is 6.52. The number of benzene rings is 3. The molecule has 0 unspecified atom stereocenters. The van der Waals surface area contributed by atoms with Gasteiger partial charge in [-0.3, -0.25) is 9.89 Å². The number of carboxylic acids is 1. The van der Waals surface area contributed by atoms with Crippen molar-refractivity contribution >= 4 is 28.5 Å². The lowest BCUT2D eigenvalue weighted by Crippen LogP contribution is -1.98. The van der Waals surface area contributed by atoms with Gasteiger partial charge in [0.1, 0.15) is 0 Å². The highest BCUT2D eigenvalue weighted by Crippen LogP contribution is 2.43. The predicted octanol–water partition coefficient (Wildman–Crippen LogP) is 5.21. The molecule has 0 aliphatic carbocycles. The van der Waals surface area contributed by atoms with Gasteiger partial charge in [0.15, 0.2) is 11.5 Å². The number of aromatic hydroxyl groups is 1. The van der Waals surface area contributed by atoms with E-state index < -0.39 is 5.97 Å². The van der Waals surface area contributed by atoms with Gasteiger partial charge < -0.3 is 14.9 Å². The van der Waals surface area contributed by atoms with Crippen molar-refractivity contribution < 1.29 is 19.7 Å². The average molecular weight is 435 g/mol. The maximum absolute atomic E-state index is 10.9.